The van der Waals surface area contributed by atoms with E-state index < -0.39 is 0 Å². The predicted molar refractivity (Wildman–Crippen MR) is 93.9 cm³/mol. The monoisotopic (exact) mass is 346 g/mol. The highest BCUT2D eigenvalue weighted by Gasteiger charge is 2.09. The van der Waals surface area contributed by atoms with Crippen LogP contribution in [0, 0.1) is 6.92 Å². The number of aromatic amines is 1. The topological polar surface area (TPSA) is 66.0 Å². The van der Waals surface area contributed by atoms with Crippen molar-refractivity contribution in [2.45, 2.75) is 6.92 Å². The summed E-state index contributed by atoms with van der Waals surface area (Å²) in [6, 6.07) is 10.1. The van der Waals surface area contributed by atoms with Crippen molar-refractivity contribution in [2.75, 3.05) is 0 Å². The second kappa shape index (κ2) is 6.07. The van der Waals surface area contributed by atoms with E-state index >= 15 is 0 Å². The molecule has 0 atom stereocenters. The molecule has 1 heterocycles. The van der Waals surface area contributed by atoms with Gasteiger partial charge in [0.2, 0.25) is 0 Å². The van der Waals surface area contributed by atoms with E-state index in [1.54, 1.807) is 24.3 Å². The molecule has 0 aliphatic rings. The number of aromatic hydroxyl groups is 1. The molecule has 0 fully saturated rings. The van der Waals surface area contributed by atoms with Crippen LogP contribution in [0.15, 0.2) is 41.2 Å². The molecule has 0 bridgehead atoms. The van der Waals surface area contributed by atoms with Crippen molar-refractivity contribution in [2.24, 2.45) is 0 Å². The van der Waals surface area contributed by atoms with Gasteiger partial charge in [-0.1, -0.05) is 41.4 Å². The number of aromatic nitrogens is 2. The van der Waals surface area contributed by atoms with Gasteiger partial charge in [0.25, 0.3) is 5.56 Å². The number of hydrogen-bond acceptors (Lipinski definition) is 3. The number of aryl methyl sites for hydroxylation is 1. The maximum Gasteiger partial charge on any atom is 0.259 e. The Labute approximate surface area is 142 Å². The summed E-state index contributed by atoms with van der Waals surface area (Å²) in [5, 5.41) is 10.4. The fourth-order valence-electron chi connectivity index (χ4n) is 2.25. The largest absolute Gasteiger partial charge is 0.506 e. The van der Waals surface area contributed by atoms with Gasteiger partial charge in [-0.05, 0) is 42.3 Å². The molecule has 116 valence electrons. The average molecular weight is 347 g/mol. The van der Waals surface area contributed by atoms with Crippen LogP contribution in [0.4, 0.5) is 0 Å². The van der Waals surface area contributed by atoms with Gasteiger partial charge in [0.15, 0.2) is 5.82 Å². The fraction of sp³-hybridized carbons (Fsp3) is 0.0588. The minimum absolute atomic E-state index is 0.00667. The molecule has 3 aromatic rings. The second-order valence-corrected chi connectivity index (χ2v) is 5.90. The van der Waals surface area contributed by atoms with Gasteiger partial charge in [0.1, 0.15) is 5.75 Å². The number of nitrogens with zero attached hydrogens (tertiary/aromatic N) is 1. The first-order valence-electron chi connectivity index (χ1n) is 6.81. The van der Waals surface area contributed by atoms with Crippen LogP contribution in [0.1, 0.15) is 17.0 Å². The van der Waals surface area contributed by atoms with Crippen molar-refractivity contribution in [3.8, 4) is 5.75 Å². The number of para-hydroxylation sites is 1. The van der Waals surface area contributed by atoms with E-state index in [9.17, 15) is 9.90 Å². The van der Waals surface area contributed by atoms with E-state index in [1.807, 2.05) is 19.1 Å². The van der Waals surface area contributed by atoms with Crippen LogP contribution in [0.25, 0.3) is 22.0 Å². The van der Waals surface area contributed by atoms with E-state index in [-0.39, 0.29) is 27.2 Å². The van der Waals surface area contributed by atoms with Crippen LogP contribution in [0.2, 0.25) is 5.02 Å². The van der Waals surface area contributed by atoms with Gasteiger partial charge in [-0.25, -0.2) is 4.98 Å². The van der Waals surface area contributed by atoms with Crippen LogP contribution in [0.5, 0.6) is 5.75 Å². The van der Waals surface area contributed by atoms with Crippen LogP contribution < -0.4 is 5.56 Å². The summed E-state index contributed by atoms with van der Waals surface area (Å²) in [6.07, 6.45) is 1.62. The lowest BCUT2D eigenvalue weighted by molar-refractivity contribution is 0.475. The zero-order valence-electron chi connectivity index (χ0n) is 12.1. The highest BCUT2D eigenvalue weighted by molar-refractivity contribution is 6.50. The molecule has 2 N–H and O–H groups in total. The standard InChI is InChI=1S/C17H12Cl2N2O2/c1-9-3-2-4-11-15(9)20-16(21-17(11)23)13(19)8-10-5-6-14(22)12(18)7-10/h2-8,22H,1H3,(H,20,21,23)/b13-8-. The molecule has 6 heteroatoms. The molecular weight excluding hydrogens is 335 g/mol. The van der Waals surface area contributed by atoms with Crippen LogP contribution >= 0.6 is 23.2 Å². The third-order valence-electron chi connectivity index (χ3n) is 3.43. The third kappa shape index (κ3) is 3.09. The van der Waals surface area contributed by atoms with Gasteiger partial charge in [0.05, 0.1) is 21.0 Å². The summed E-state index contributed by atoms with van der Waals surface area (Å²) in [4.78, 5) is 19.3. The molecule has 0 saturated carbocycles. The van der Waals surface area contributed by atoms with Gasteiger partial charge < -0.3 is 10.1 Å². The summed E-state index contributed by atoms with van der Waals surface area (Å²) in [6.45, 7) is 1.88. The lowest BCUT2D eigenvalue weighted by Gasteiger charge is -2.05. The molecule has 0 saturated heterocycles. The highest BCUT2D eigenvalue weighted by atomic mass is 35.5. The smallest absolute Gasteiger partial charge is 0.259 e. The van der Waals surface area contributed by atoms with Crippen molar-refractivity contribution in [3.63, 3.8) is 0 Å². The van der Waals surface area contributed by atoms with Gasteiger partial charge in [-0.3, -0.25) is 4.79 Å². The Hall–Kier alpha value is -2.30. The lowest BCUT2D eigenvalue weighted by atomic mass is 10.1. The molecular formula is C17H12Cl2N2O2. The summed E-state index contributed by atoms with van der Waals surface area (Å²) in [7, 11) is 0. The Kier molecular flexibility index (Phi) is 4.11. The zero-order chi connectivity index (χ0) is 16.6. The number of phenolic OH excluding ortho intramolecular Hbond substituents is 1. The molecule has 0 aliphatic heterocycles. The number of rotatable bonds is 2. The first-order chi connectivity index (χ1) is 11.0. The lowest BCUT2D eigenvalue weighted by Crippen LogP contribution is -2.11. The molecule has 2 aromatic carbocycles. The number of nitrogens with one attached hydrogen (secondary N) is 1. The Morgan fingerprint density at radius 1 is 1.30 bits per heavy atom. The SMILES string of the molecule is Cc1cccc2c(=O)[nH]c(/C(Cl)=C/c3ccc(O)c(Cl)c3)nc12. The number of H-pyrrole nitrogens is 1. The highest BCUT2D eigenvalue weighted by Crippen LogP contribution is 2.27. The average Bonchev–Trinajstić information content (AvgIpc) is 2.52. The molecule has 1 aromatic heterocycles. The molecule has 0 amide bonds. The van der Waals surface area contributed by atoms with Gasteiger partial charge in [0, 0.05) is 0 Å². The molecule has 4 nitrogen and oxygen atoms in total. The van der Waals surface area contributed by atoms with E-state index in [0.29, 0.717) is 16.5 Å². The van der Waals surface area contributed by atoms with E-state index in [1.165, 1.54) is 6.07 Å². The van der Waals surface area contributed by atoms with Gasteiger partial charge in [-0.15, -0.1) is 0 Å². The normalized spacial score (nSPS) is 11.9. The third-order valence-corrected chi connectivity index (χ3v) is 4.02. The van der Waals surface area contributed by atoms with E-state index in [4.69, 9.17) is 23.2 Å². The summed E-state index contributed by atoms with van der Waals surface area (Å²) >= 11 is 12.2. The Bertz CT molecular complexity index is 994. The number of benzene rings is 2. The zero-order valence-corrected chi connectivity index (χ0v) is 13.6. The molecule has 0 radical (unpaired) electrons. The van der Waals surface area contributed by atoms with Crippen molar-refractivity contribution >= 4 is 45.2 Å². The van der Waals surface area contributed by atoms with Crippen LogP contribution in [-0.2, 0) is 0 Å². The van der Waals surface area contributed by atoms with Crippen molar-refractivity contribution in [3.05, 3.63) is 68.7 Å². The molecule has 0 spiro atoms. The van der Waals surface area contributed by atoms with Crippen molar-refractivity contribution in [1.29, 1.82) is 0 Å². The molecule has 23 heavy (non-hydrogen) atoms. The minimum Gasteiger partial charge on any atom is -0.506 e. The van der Waals surface area contributed by atoms with Crippen LogP contribution in [0.3, 0.4) is 0 Å². The minimum atomic E-state index is -0.246. The fourth-order valence-corrected chi connectivity index (χ4v) is 2.65. The first kappa shape index (κ1) is 15.6. The Morgan fingerprint density at radius 3 is 2.83 bits per heavy atom. The maximum absolute atomic E-state index is 12.2. The number of hydrogen-bond donors (Lipinski definition) is 2. The number of halogens is 2. The second-order valence-electron chi connectivity index (χ2n) is 5.09. The van der Waals surface area contributed by atoms with Crippen LogP contribution in [-0.4, -0.2) is 15.1 Å². The quantitative estimate of drug-likeness (QED) is 0.725. The molecule has 0 unspecified atom stereocenters. The first-order valence-corrected chi connectivity index (χ1v) is 7.57. The Morgan fingerprint density at radius 2 is 2.09 bits per heavy atom. The van der Waals surface area contributed by atoms with E-state index in [2.05, 4.69) is 9.97 Å². The van der Waals surface area contributed by atoms with Crippen molar-refractivity contribution < 1.29 is 5.11 Å². The Balaban J connectivity index is 2.12. The predicted octanol–water partition coefficient (Wildman–Crippen LogP) is 4.33. The number of phenols is 1. The van der Waals surface area contributed by atoms with E-state index in [0.717, 1.165) is 5.56 Å². The maximum atomic E-state index is 12.2. The number of fused-ring (bicyclic) bond motifs is 1. The summed E-state index contributed by atoms with van der Waals surface area (Å²) < 4.78 is 0. The molecule has 0 aliphatic carbocycles. The molecule has 3 rings (SSSR count). The van der Waals surface area contributed by atoms with Gasteiger partial charge in [-0.2, -0.15) is 0 Å². The summed E-state index contributed by atoms with van der Waals surface area (Å²) in [5.74, 6) is 0.274. The summed E-state index contributed by atoms with van der Waals surface area (Å²) in [5.41, 5.74) is 1.95. The van der Waals surface area contributed by atoms with Crippen molar-refractivity contribution in [1.82, 2.24) is 9.97 Å². The van der Waals surface area contributed by atoms with Gasteiger partial charge >= 0.3 is 0 Å².